The van der Waals surface area contributed by atoms with E-state index in [-0.39, 0.29) is 53.1 Å². The molecule has 2 aliphatic rings. The zero-order valence-corrected chi connectivity index (χ0v) is 15.0. The molecule has 144 valence electrons. The van der Waals surface area contributed by atoms with Gasteiger partial charge in [-0.2, -0.15) is 5.26 Å². The molecule has 0 bridgehead atoms. The lowest BCUT2D eigenvalue weighted by molar-refractivity contribution is -0.127. The van der Waals surface area contributed by atoms with E-state index in [4.69, 9.17) is 5.26 Å². The van der Waals surface area contributed by atoms with Gasteiger partial charge in [0.2, 0.25) is 5.91 Å². The highest BCUT2D eigenvalue weighted by Crippen LogP contribution is 2.31. The van der Waals surface area contributed by atoms with E-state index in [0.29, 0.717) is 12.0 Å². The zero-order chi connectivity index (χ0) is 20.5. The molecule has 4 rings (SSSR count). The van der Waals surface area contributed by atoms with Gasteiger partial charge < -0.3 is 15.0 Å². The van der Waals surface area contributed by atoms with Crippen LogP contribution in [0, 0.1) is 11.3 Å². The van der Waals surface area contributed by atoms with Gasteiger partial charge in [-0.05, 0) is 18.1 Å². The van der Waals surface area contributed by atoms with Gasteiger partial charge in [-0.15, -0.1) is 0 Å². The van der Waals surface area contributed by atoms with Crippen LogP contribution in [0.1, 0.15) is 17.5 Å². The van der Waals surface area contributed by atoms with Gasteiger partial charge in [-0.1, -0.05) is 6.08 Å². The maximum Gasteiger partial charge on any atom is 0.254 e. The van der Waals surface area contributed by atoms with Crippen molar-refractivity contribution in [1.82, 2.24) is 19.9 Å². The zero-order valence-electron chi connectivity index (χ0n) is 15.0. The number of hydrogen-bond acceptors (Lipinski definition) is 6. The topological polar surface area (TPSA) is 123 Å². The molecule has 0 atom stereocenters. The normalized spacial score (nSPS) is 15.2. The van der Waals surface area contributed by atoms with E-state index < -0.39 is 5.56 Å². The summed E-state index contributed by atoms with van der Waals surface area (Å²) < 4.78 is 13.9. The summed E-state index contributed by atoms with van der Waals surface area (Å²) in [5, 5.41) is 18.8. The first-order chi connectivity index (χ1) is 14.0. The number of nitrogens with zero attached hydrogens (tertiary/aromatic N) is 4. The summed E-state index contributed by atoms with van der Waals surface area (Å²) in [6, 6.07) is 3.06. The number of pyridine rings is 1. The first-order valence-corrected chi connectivity index (χ1v) is 8.69. The largest absolute Gasteiger partial charge is 0.505 e. The van der Waals surface area contributed by atoms with Gasteiger partial charge in [0.25, 0.3) is 5.56 Å². The third-order valence-electron chi connectivity index (χ3n) is 4.67. The minimum absolute atomic E-state index is 0.0146. The van der Waals surface area contributed by atoms with Gasteiger partial charge in [0, 0.05) is 35.8 Å². The molecular formula is C20H14FN5O3. The Morgan fingerprint density at radius 3 is 2.90 bits per heavy atom. The van der Waals surface area contributed by atoms with E-state index in [9.17, 15) is 19.1 Å². The Bertz CT molecular complexity index is 1220. The highest BCUT2D eigenvalue weighted by molar-refractivity contribution is 5.81. The van der Waals surface area contributed by atoms with Crippen molar-refractivity contribution in [3.05, 3.63) is 75.3 Å². The Balaban J connectivity index is 1.53. The van der Waals surface area contributed by atoms with E-state index in [1.165, 1.54) is 29.4 Å². The Kier molecular flexibility index (Phi) is 4.52. The second kappa shape index (κ2) is 7.16. The van der Waals surface area contributed by atoms with Crippen LogP contribution in [0.2, 0.25) is 0 Å². The first-order valence-electron chi connectivity index (χ1n) is 8.69. The molecule has 1 aliphatic carbocycles. The van der Waals surface area contributed by atoms with Crippen LogP contribution >= 0.6 is 0 Å². The maximum atomic E-state index is 13.9. The molecule has 0 radical (unpaired) electrons. The SMILES string of the molecule is N#Cc1cnc(-c2ncc(CC(=O)N3C=C4CC=CC(F)=C4C3)c(=O)[nH]2)c(O)c1. The van der Waals surface area contributed by atoms with Crippen LogP contribution in [0.15, 0.2) is 58.6 Å². The number of H-pyrrole nitrogens is 1. The molecule has 1 aliphatic heterocycles. The van der Waals surface area contributed by atoms with E-state index in [1.54, 1.807) is 12.3 Å². The molecular weight excluding hydrogens is 377 g/mol. The maximum absolute atomic E-state index is 13.9. The van der Waals surface area contributed by atoms with Crippen molar-refractivity contribution in [2.75, 3.05) is 6.54 Å². The minimum Gasteiger partial charge on any atom is -0.505 e. The molecule has 2 aromatic rings. The van der Waals surface area contributed by atoms with Crippen molar-refractivity contribution in [1.29, 1.82) is 5.26 Å². The number of allylic oxidation sites excluding steroid dienone is 3. The third-order valence-corrected chi connectivity index (χ3v) is 4.67. The fraction of sp³-hybridized carbons (Fsp3) is 0.150. The lowest BCUT2D eigenvalue weighted by atomic mass is 10.0. The van der Waals surface area contributed by atoms with Gasteiger partial charge in [-0.3, -0.25) is 9.59 Å². The van der Waals surface area contributed by atoms with E-state index >= 15 is 0 Å². The molecule has 9 heteroatoms. The number of rotatable bonds is 3. The molecule has 0 saturated carbocycles. The summed E-state index contributed by atoms with van der Waals surface area (Å²) >= 11 is 0. The van der Waals surface area contributed by atoms with Crippen LogP contribution < -0.4 is 5.56 Å². The number of carbonyl (C=O) groups is 1. The summed E-state index contributed by atoms with van der Waals surface area (Å²) in [6.07, 6.45) is 7.53. The molecule has 1 amide bonds. The smallest absolute Gasteiger partial charge is 0.254 e. The number of nitrogens with one attached hydrogen (secondary N) is 1. The van der Waals surface area contributed by atoms with Gasteiger partial charge >= 0.3 is 0 Å². The van der Waals surface area contributed by atoms with Crippen molar-refractivity contribution in [2.24, 2.45) is 0 Å². The Morgan fingerprint density at radius 2 is 2.21 bits per heavy atom. The van der Waals surface area contributed by atoms with Crippen molar-refractivity contribution in [3.8, 4) is 23.3 Å². The minimum atomic E-state index is -0.551. The van der Waals surface area contributed by atoms with Crippen LogP contribution in [-0.4, -0.2) is 37.4 Å². The number of aromatic hydroxyl groups is 1. The second-order valence-electron chi connectivity index (χ2n) is 6.58. The number of halogens is 1. The van der Waals surface area contributed by atoms with Crippen LogP contribution in [0.25, 0.3) is 11.5 Å². The molecule has 0 aromatic carbocycles. The summed E-state index contributed by atoms with van der Waals surface area (Å²) in [7, 11) is 0. The number of aromatic amines is 1. The van der Waals surface area contributed by atoms with Crippen LogP contribution in [-0.2, 0) is 11.2 Å². The molecule has 29 heavy (non-hydrogen) atoms. The molecule has 0 unspecified atom stereocenters. The molecule has 2 N–H and O–H groups in total. The predicted molar refractivity (Wildman–Crippen MR) is 99.9 cm³/mol. The molecule has 0 saturated heterocycles. The molecule has 0 fully saturated rings. The van der Waals surface area contributed by atoms with Crippen LogP contribution in [0.4, 0.5) is 4.39 Å². The van der Waals surface area contributed by atoms with Crippen molar-refractivity contribution in [2.45, 2.75) is 12.8 Å². The van der Waals surface area contributed by atoms with Crippen molar-refractivity contribution >= 4 is 5.91 Å². The fourth-order valence-corrected chi connectivity index (χ4v) is 3.17. The summed E-state index contributed by atoms with van der Waals surface area (Å²) in [5.41, 5.74) is 1.01. The second-order valence-corrected chi connectivity index (χ2v) is 6.58. The van der Waals surface area contributed by atoms with Crippen LogP contribution in [0.3, 0.4) is 0 Å². The van der Waals surface area contributed by atoms with Crippen molar-refractivity contribution in [3.63, 3.8) is 0 Å². The fourth-order valence-electron chi connectivity index (χ4n) is 3.17. The lowest BCUT2D eigenvalue weighted by Gasteiger charge is -2.13. The van der Waals surface area contributed by atoms with Gasteiger partial charge in [0.15, 0.2) is 5.82 Å². The molecule has 2 aromatic heterocycles. The number of fused-ring (bicyclic) bond motifs is 1. The highest BCUT2D eigenvalue weighted by atomic mass is 19.1. The molecule has 3 heterocycles. The number of amides is 1. The number of hydrogen-bond donors (Lipinski definition) is 2. The number of aromatic nitrogens is 3. The standard InChI is InChI=1S/C20H14FN5O3/c21-15-3-1-2-12-9-26(10-14(12)15)17(28)5-13-8-24-19(25-20(13)29)18-16(27)4-11(6-22)7-23-18/h1,3-4,7-9,27H,2,5,10H2,(H,24,25,29). The number of carbonyl (C=O) groups excluding carboxylic acids is 1. The quantitative estimate of drug-likeness (QED) is 0.823. The number of nitriles is 1. The van der Waals surface area contributed by atoms with Crippen molar-refractivity contribution < 1.29 is 14.3 Å². The Hall–Kier alpha value is -4.06. The molecule has 0 spiro atoms. The van der Waals surface area contributed by atoms with Crippen LogP contribution in [0.5, 0.6) is 5.75 Å². The first kappa shape index (κ1) is 18.3. The lowest BCUT2D eigenvalue weighted by Crippen LogP contribution is -2.28. The van der Waals surface area contributed by atoms with Gasteiger partial charge in [0.1, 0.15) is 23.3 Å². The van der Waals surface area contributed by atoms with E-state index in [1.807, 2.05) is 6.07 Å². The van der Waals surface area contributed by atoms with E-state index in [0.717, 1.165) is 5.57 Å². The van der Waals surface area contributed by atoms with Gasteiger partial charge in [-0.25, -0.2) is 14.4 Å². The average Bonchev–Trinajstić information content (AvgIpc) is 3.15. The van der Waals surface area contributed by atoms with Gasteiger partial charge in [0.05, 0.1) is 18.5 Å². The summed E-state index contributed by atoms with van der Waals surface area (Å²) in [6.45, 7) is 0.136. The third kappa shape index (κ3) is 3.43. The monoisotopic (exact) mass is 391 g/mol. The predicted octanol–water partition coefficient (Wildman–Crippen LogP) is 1.86. The van der Waals surface area contributed by atoms with E-state index in [2.05, 4.69) is 15.0 Å². The Labute approximate surface area is 164 Å². The highest BCUT2D eigenvalue weighted by Gasteiger charge is 2.27. The molecule has 8 nitrogen and oxygen atoms in total. The summed E-state index contributed by atoms with van der Waals surface area (Å²) in [5.74, 6) is -0.991. The Morgan fingerprint density at radius 1 is 1.38 bits per heavy atom. The summed E-state index contributed by atoms with van der Waals surface area (Å²) in [4.78, 5) is 36.8. The average molecular weight is 391 g/mol.